The van der Waals surface area contributed by atoms with Crippen LogP contribution >= 0.6 is 22.7 Å². The van der Waals surface area contributed by atoms with Gasteiger partial charge < -0.3 is 4.90 Å². The molecule has 0 saturated heterocycles. The van der Waals surface area contributed by atoms with Crippen LogP contribution in [0.5, 0.6) is 0 Å². The number of para-hydroxylation sites is 1. The molecule has 0 saturated carbocycles. The second-order valence-corrected chi connectivity index (χ2v) is 8.22. The molecule has 118 valence electrons. The monoisotopic (exact) mass is 342 g/mol. The number of benzene rings is 1. The lowest BCUT2D eigenvalue weighted by Crippen LogP contribution is -2.29. The van der Waals surface area contributed by atoms with Crippen LogP contribution < -0.4 is 0 Å². The Bertz CT molecular complexity index is 826. The Morgan fingerprint density at radius 3 is 2.87 bits per heavy atom. The standard InChI is InChI=1S/C18H18N2OS2/c1-11(17-19-13-7-3-4-8-15(13)23-17)20(2)18(21)16-10-12-6-5-9-14(12)22-16/h3-4,7-8,10-11H,5-6,9H2,1-2H3. The summed E-state index contributed by atoms with van der Waals surface area (Å²) in [7, 11) is 1.88. The molecular weight excluding hydrogens is 324 g/mol. The minimum atomic E-state index is -0.0168. The smallest absolute Gasteiger partial charge is 0.264 e. The van der Waals surface area contributed by atoms with Gasteiger partial charge in [-0.05, 0) is 49.9 Å². The van der Waals surface area contributed by atoms with E-state index >= 15 is 0 Å². The van der Waals surface area contributed by atoms with Crippen LogP contribution in [-0.2, 0) is 12.8 Å². The minimum absolute atomic E-state index is 0.0168. The molecule has 1 atom stereocenters. The first-order valence-corrected chi connectivity index (χ1v) is 9.51. The van der Waals surface area contributed by atoms with E-state index in [0.29, 0.717) is 0 Å². The number of fused-ring (bicyclic) bond motifs is 2. The molecule has 1 aliphatic carbocycles. The Morgan fingerprint density at radius 1 is 1.26 bits per heavy atom. The van der Waals surface area contributed by atoms with E-state index < -0.39 is 0 Å². The lowest BCUT2D eigenvalue weighted by atomic mass is 10.2. The third kappa shape index (κ3) is 2.58. The number of amides is 1. The molecule has 1 amide bonds. The van der Waals surface area contributed by atoms with Gasteiger partial charge in [0.25, 0.3) is 5.91 Å². The van der Waals surface area contributed by atoms with Gasteiger partial charge in [0.1, 0.15) is 5.01 Å². The maximum Gasteiger partial charge on any atom is 0.264 e. The molecule has 2 aromatic heterocycles. The molecule has 0 N–H and O–H groups in total. The van der Waals surface area contributed by atoms with Crippen LogP contribution in [0.2, 0.25) is 0 Å². The van der Waals surface area contributed by atoms with E-state index in [-0.39, 0.29) is 11.9 Å². The molecule has 0 spiro atoms. The Hall–Kier alpha value is -1.72. The summed E-state index contributed by atoms with van der Waals surface area (Å²) in [6.07, 6.45) is 3.48. The number of carbonyl (C=O) groups excluding carboxylic acids is 1. The van der Waals surface area contributed by atoms with Crippen molar-refractivity contribution in [3.8, 4) is 0 Å². The summed E-state index contributed by atoms with van der Waals surface area (Å²) >= 11 is 3.34. The largest absolute Gasteiger partial charge is 0.332 e. The molecule has 23 heavy (non-hydrogen) atoms. The van der Waals surface area contributed by atoms with Gasteiger partial charge in [0.2, 0.25) is 0 Å². The van der Waals surface area contributed by atoms with Crippen LogP contribution in [0.3, 0.4) is 0 Å². The van der Waals surface area contributed by atoms with E-state index in [1.165, 1.54) is 21.6 Å². The van der Waals surface area contributed by atoms with Crippen LogP contribution in [0, 0.1) is 0 Å². The molecular formula is C18H18N2OS2. The van der Waals surface area contributed by atoms with E-state index in [9.17, 15) is 4.79 Å². The number of hydrogen-bond donors (Lipinski definition) is 0. The lowest BCUT2D eigenvalue weighted by Gasteiger charge is -2.22. The van der Waals surface area contributed by atoms with Crippen LogP contribution in [0.4, 0.5) is 0 Å². The number of thiazole rings is 1. The van der Waals surface area contributed by atoms with Gasteiger partial charge in [-0.2, -0.15) is 0 Å². The fourth-order valence-electron chi connectivity index (χ4n) is 3.02. The number of aryl methyl sites for hydroxylation is 2. The summed E-state index contributed by atoms with van der Waals surface area (Å²) in [4.78, 5) is 21.6. The maximum atomic E-state index is 12.8. The Balaban J connectivity index is 1.59. The van der Waals surface area contributed by atoms with Gasteiger partial charge in [0, 0.05) is 11.9 Å². The zero-order valence-electron chi connectivity index (χ0n) is 13.2. The zero-order chi connectivity index (χ0) is 16.0. The molecule has 0 fully saturated rings. The van der Waals surface area contributed by atoms with Gasteiger partial charge in [0.05, 0.1) is 21.1 Å². The summed E-state index contributed by atoms with van der Waals surface area (Å²) in [5.41, 5.74) is 2.38. The van der Waals surface area contributed by atoms with Crippen molar-refractivity contribution in [3.63, 3.8) is 0 Å². The average molecular weight is 342 g/mol. The number of carbonyl (C=O) groups is 1. The van der Waals surface area contributed by atoms with E-state index in [4.69, 9.17) is 0 Å². The van der Waals surface area contributed by atoms with Crippen molar-refractivity contribution < 1.29 is 4.79 Å². The Morgan fingerprint density at radius 2 is 2.09 bits per heavy atom. The molecule has 1 aliphatic rings. The van der Waals surface area contributed by atoms with E-state index in [0.717, 1.165) is 28.2 Å². The van der Waals surface area contributed by atoms with Crippen molar-refractivity contribution in [1.82, 2.24) is 9.88 Å². The van der Waals surface area contributed by atoms with E-state index in [1.54, 1.807) is 22.7 Å². The normalized spacial score (nSPS) is 14.9. The van der Waals surface area contributed by atoms with Gasteiger partial charge in [-0.3, -0.25) is 4.79 Å². The minimum Gasteiger partial charge on any atom is -0.332 e. The highest BCUT2D eigenvalue weighted by molar-refractivity contribution is 7.18. The molecule has 2 heterocycles. The van der Waals surface area contributed by atoms with Crippen molar-refractivity contribution in [3.05, 3.63) is 50.7 Å². The predicted octanol–water partition coefficient (Wildman–Crippen LogP) is 4.68. The first-order chi connectivity index (χ1) is 11.1. The number of hydrogen-bond acceptors (Lipinski definition) is 4. The van der Waals surface area contributed by atoms with Gasteiger partial charge in [-0.15, -0.1) is 22.7 Å². The number of aromatic nitrogens is 1. The molecule has 5 heteroatoms. The highest BCUT2D eigenvalue weighted by Gasteiger charge is 2.25. The maximum absolute atomic E-state index is 12.8. The molecule has 0 bridgehead atoms. The molecule has 0 radical (unpaired) electrons. The second kappa shape index (κ2) is 5.73. The van der Waals surface area contributed by atoms with Crippen molar-refractivity contribution in [2.75, 3.05) is 7.05 Å². The highest BCUT2D eigenvalue weighted by Crippen LogP contribution is 2.33. The van der Waals surface area contributed by atoms with Crippen molar-refractivity contribution in [2.24, 2.45) is 0 Å². The Labute approximate surface area is 143 Å². The molecule has 0 aliphatic heterocycles. The third-order valence-corrected chi connectivity index (χ3v) is 6.96. The average Bonchev–Trinajstić information content (AvgIpc) is 3.25. The molecule has 1 unspecified atom stereocenters. The quantitative estimate of drug-likeness (QED) is 0.692. The predicted molar refractivity (Wildman–Crippen MR) is 96.5 cm³/mol. The first kappa shape index (κ1) is 14.8. The van der Waals surface area contributed by atoms with Crippen molar-refractivity contribution in [1.29, 1.82) is 0 Å². The third-order valence-electron chi connectivity index (χ3n) is 4.53. The molecule has 3 aromatic rings. The summed E-state index contributed by atoms with van der Waals surface area (Å²) in [5.74, 6) is 0.108. The first-order valence-electron chi connectivity index (χ1n) is 7.87. The van der Waals surface area contributed by atoms with Gasteiger partial charge in [-0.25, -0.2) is 4.98 Å². The summed E-state index contributed by atoms with van der Waals surface area (Å²) in [5, 5.41) is 0.992. The van der Waals surface area contributed by atoms with Crippen LogP contribution in [0.1, 0.15) is 44.5 Å². The van der Waals surface area contributed by atoms with E-state index in [2.05, 4.69) is 24.0 Å². The van der Waals surface area contributed by atoms with Crippen LogP contribution in [0.25, 0.3) is 10.2 Å². The van der Waals surface area contributed by atoms with Crippen molar-refractivity contribution in [2.45, 2.75) is 32.2 Å². The van der Waals surface area contributed by atoms with Gasteiger partial charge >= 0.3 is 0 Å². The summed E-state index contributed by atoms with van der Waals surface area (Å²) in [6.45, 7) is 2.05. The SMILES string of the molecule is CC(c1nc2ccccc2s1)N(C)C(=O)c1cc2c(s1)CCC2. The number of thiophene rings is 1. The highest BCUT2D eigenvalue weighted by atomic mass is 32.1. The zero-order valence-corrected chi connectivity index (χ0v) is 14.8. The Kier molecular flexibility index (Phi) is 3.70. The fraction of sp³-hybridized carbons (Fsp3) is 0.333. The fourth-order valence-corrected chi connectivity index (χ4v) is 5.32. The summed E-state index contributed by atoms with van der Waals surface area (Å²) in [6, 6.07) is 10.2. The number of rotatable bonds is 3. The van der Waals surface area contributed by atoms with Gasteiger partial charge in [0.15, 0.2) is 0 Å². The van der Waals surface area contributed by atoms with Crippen molar-refractivity contribution >= 4 is 38.8 Å². The van der Waals surface area contributed by atoms with Crippen LogP contribution in [-0.4, -0.2) is 22.8 Å². The second-order valence-electron chi connectivity index (χ2n) is 6.02. The summed E-state index contributed by atoms with van der Waals surface area (Å²) < 4.78 is 1.17. The molecule has 1 aromatic carbocycles. The van der Waals surface area contributed by atoms with Crippen LogP contribution in [0.15, 0.2) is 30.3 Å². The molecule has 4 rings (SSSR count). The van der Waals surface area contributed by atoms with Gasteiger partial charge in [-0.1, -0.05) is 12.1 Å². The lowest BCUT2D eigenvalue weighted by molar-refractivity contribution is 0.0747. The number of nitrogens with zero attached hydrogens (tertiary/aromatic N) is 2. The van der Waals surface area contributed by atoms with E-state index in [1.807, 2.05) is 30.1 Å². The topological polar surface area (TPSA) is 33.2 Å². The molecule has 3 nitrogen and oxygen atoms in total.